The lowest BCUT2D eigenvalue weighted by Crippen LogP contribution is -2.88. The summed E-state index contributed by atoms with van der Waals surface area (Å²) in [6.45, 7) is 6.13. The number of sulfonamides is 1. The highest BCUT2D eigenvalue weighted by Crippen LogP contribution is 2.35. The van der Waals surface area contributed by atoms with E-state index in [1.165, 1.54) is 20.2 Å². The molecule has 10 nitrogen and oxygen atoms in total. The zero-order valence-corrected chi connectivity index (χ0v) is 19.5. The van der Waals surface area contributed by atoms with Crippen LogP contribution in [0.25, 0.3) is 0 Å². The SMILES string of the molecule is Cc1ccc(NC2=NS(=O)N=C2[NH2+]Cc2cc(C(C)C)co2)c(O)c1S(=O)(=O)N(C)C. The first-order chi connectivity index (χ1) is 14.5. The first kappa shape index (κ1) is 23.1. The molecule has 3 rings (SSSR count). The molecule has 1 unspecified atom stereocenters. The molecule has 2 heterocycles. The van der Waals surface area contributed by atoms with Gasteiger partial charge in [0.05, 0.1) is 12.0 Å². The van der Waals surface area contributed by atoms with Gasteiger partial charge in [-0.2, -0.15) is 0 Å². The van der Waals surface area contributed by atoms with Gasteiger partial charge in [-0.25, -0.2) is 16.9 Å². The van der Waals surface area contributed by atoms with Crippen LogP contribution in [0.4, 0.5) is 5.69 Å². The van der Waals surface area contributed by atoms with Gasteiger partial charge in [-0.3, -0.25) is 5.32 Å². The van der Waals surface area contributed by atoms with E-state index < -0.39 is 26.9 Å². The number of hydrogen-bond acceptors (Lipinski definition) is 6. The normalized spacial score (nSPS) is 16.7. The highest BCUT2D eigenvalue weighted by molar-refractivity contribution is 7.89. The van der Waals surface area contributed by atoms with Gasteiger partial charge < -0.3 is 14.8 Å². The molecule has 31 heavy (non-hydrogen) atoms. The second-order valence-electron chi connectivity index (χ2n) is 7.58. The smallest absolute Gasteiger partial charge is 0.279 e. The van der Waals surface area contributed by atoms with Crippen LogP contribution < -0.4 is 10.6 Å². The fourth-order valence-electron chi connectivity index (χ4n) is 2.91. The van der Waals surface area contributed by atoms with Crippen molar-refractivity contribution in [3.63, 3.8) is 0 Å². The van der Waals surface area contributed by atoms with Crippen molar-refractivity contribution in [1.29, 1.82) is 0 Å². The van der Waals surface area contributed by atoms with E-state index in [9.17, 15) is 17.7 Å². The Morgan fingerprint density at radius 1 is 1.29 bits per heavy atom. The number of quaternary nitrogens is 1. The summed E-state index contributed by atoms with van der Waals surface area (Å²) < 4.78 is 51.6. The standard InChI is InChI=1S/C19H25N5O5S2/c1-11(2)13-8-14(29-10-13)9-20-18-19(23-30(26)22-18)21-15-7-6-12(3)17(16(15)25)31(27,28)24(4)5/h6-8,10-11,25H,9H2,1-5H3,(H,20,22)(H,21,23)/p+1. The largest absolute Gasteiger partial charge is 0.504 e. The zero-order chi connectivity index (χ0) is 22.9. The lowest BCUT2D eigenvalue weighted by Gasteiger charge is -2.17. The van der Waals surface area contributed by atoms with Gasteiger partial charge in [0.15, 0.2) is 11.5 Å². The van der Waals surface area contributed by atoms with Crippen molar-refractivity contribution in [3.05, 3.63) is 41.3 Å². The predicted octanol–water partition coefficient (Wildman–Crippen LogP) is 1.23. The Morgan fingerprint density at radius 3 is 2.61 bits per heavy atom. The number of nitrogens with one attached hydrogen (secondary N) is 1. The van der Waals surface area contributed by atoms with E-state index >= 15 is 0 Å². The van der Waals surface area contributed by atoms with E-state index in [1.54, 1.807) is 24.6 Å². The van der Waals surface area contributed by atoms with Crippen LogP contribution in [0, 0.1) is 6.92 Å². The third-order valence-electron chi connectivity index (χ3n) is 4.75. The lowest BCUT2D eigenvalue weighted by molar-refractivity contribution is -0.556. The van der Waals surface area contributed by atoms with Gasteiger partial charge in [0.25, 0.3) is 17.0 Å². The predicted molar refractivity (Wildman–Crippen MR) is 119 cm³/mol. The number of aryl methyl sites for hydroxylation is 1. The van der Waals surface area contributed by atoms with Crippen LogP contribution in [-0.4, -0.2) is 47.8 Å². The summed E-state index contributed by atoms with van der Waals surface area (Å²) in [4.78, 5) is -0.207. The summed E-state index contributed by atoms with van der Waals surface area (Å²) in [5, 5.41) is 15.2. The van der Waals surface area contributed by atoms with Crippen LogP contribution in [0.5, 0.6) is 5.75 Å². The van der Waals surface area contributed by atoms with Crippen molar-refractivity contribution in [2.75, 3.05) is 19.4 Å². The molecule has 0 bridgehead atoms. The Kier molecular flexibility index (Phi) is 6.65. The van der Waals surface area contributed by atoms with Crippen LogP contribution in [0.15, 0.2) is 42.6 Å². The molecule has 0 saturated carbocycles. The minimum absolute atomic E-state index is 0.116. The average molecular weight is 469 g/mol. The summed E-state index contributed by atoms with van der Waals surface area (Å²) in [5.74, 6) is 1.12. The number of rotatable bonds is 6. The Hall–Kier alpha value is -2.54. The number of benzene rings is 1. The molecule has 4 N–H and O–H groups in total. The number of furan rings is 1. The minimum Gasteiger partial charge on any atom is -0.504 e. The van der Waals surface area contributed by atoms with Crippen molar-refractivity contribution in [3.8, 4) is 5.75 Å². The number of phenolic OH excluding ortho intramolecular Hbond substituents is 1. The Labute approximate surface area is 183 Å². The Balaban J connectivity index is 1.82. The fraction of sp³-hybridized carbons (Fsp3) is 0.368. The van der Waals surface area contributed by atoms with Gasteiger partial charge >= 0.3 is 0 Å². The molecule has 168 valence electrons. The second kappa shape index (κ2) is 8.91. The molecule has 0 radical (unpaired) electrons. The number of hydrogen-bond donors (Lipinski definition) is 3. The Bertz CT molecular complexity index is 1180. The molecule has 1 atom stereocenters. The molecule has 0 fully saturated rings. The highest BCUT2D eigenvalue weighted by Gasteiger charge is 2.29. The zero-order valence-electron chi connectivity index (χ0n) is 17.9. The second-order valence-corrected chi connectivity index (χ2v) is 10.5. The molecule has 0 saturated heterocycles. The van der Waals surface area contributed by atoms with E-state index in [2.05, 4.69) is 28.0 Å². The number of nitrogens with zero attached hydrogens (tertiary/aromatic N) is 3. The maximum Gasteiger partial charge on any atom is 0.279 e. The van der Waals surface area contributed by atoms with Crippen molar-refractivity contribution in [2.24, 2.45) is 8.80 Å². The molecular weight excluding hydrogens is 442 g/mol. The monoisotopic (exact) mass is 468 g/mol. The van der Waals surface area contributed by atoms with Crippen LogP contribution in [-0.2, 0) is 27.7 Å². The molecule has 12 heteroatoms. The topological polar surface area (TPSA) is 141 Å². The summed E-state index contributed by atoms with van der Waals surface area (Å²) >= 11 is -1.81. The third-order valence-corrected chi connectivity index (χ3v) is 7.43. The van der Waals surface area contributed by atoms with Gasteiger partial charge in [0.2, 0.25) is 15.9 Å². The maximum absolute atomic E-state index is 12.6. The Morgan fingerprint density at radius 2 is 2.00 bits per heavy atom. The molecule has 1 aromatic carbocycles. The summed E-state index contributed by atoms with van der Waals surface area (Å²) in [7, 11) is -1.10. The van der Waals surface area contributed by atoms with Crippen LogP contribution in [0.3, 0.4) is 0 Å². The minimum atomic E-state index is -3.88. The van der Waals surface area contributed by atoms with Gasteiger partial charge in [0, 0.05) is 14.1 Å². The van der Waals surface area contributed by atoms with Gasteiger partial charge in [-0.1, -0.05) is 19.9 Å². The molecule has 2 aromatic rings. The number of nitrogens with two attached hydrogens (primary N) is 1. The fourth-order valence-corrected chi connectivity index (χ4v) is 4.77. The summed E-state index contributed by atoms with van der Waals surface area (Å²) in [6, 6.07) is 5.05. The average Bonchev–Trinajstić information content (AvgIpc) is 3.28. The van der Waals surface area contributed by atoms with E-state index in [0.29, 0.717) is 23.9 Å². The van der Waals surface area contributed by atoms with Crippen molar-refractivity contribution >= 4 is 38.6 Å². The molecule has 0 amide bonds. The maximum atomic E-state index is 12.6. The number of aromatic hydroxyl groups is 1. The first-order valence-electron chi connectivity index (χ1n) is 9.53. The molecule has 1 aliphatic heterocycles. The highest BCUT2D eigenvalue weighted by atomic mass is 32.2. The van der Waals surface area contributed by atoms with E-state index in [0.717, 1.165) is 15.6 Å². The third kappa shape index (κ3) is 4.87. The van der Waals surface area contributed by atoms with Gasteiger partial charge in [-0.05, 0) is 36.1 Å². The van der Waals surface area contributed by atoms with Crippen molar-refractivity contribution in [2.45, 2.75) is 38.1 Å². The number of amidine groups is 2. The van der Waals surface area contributed by atoms with E-state index in [-0.39, 0.29) is 16.4 Å². The van der Waals surface area contributed by atoms with E-state index in [4.69, 9.17) is 4.42 Å². The van der Waals surface area contributed by atoms with Gasteiger partial charge in [0.1, 0.15) is 11.4 Å². The molecule has 1 aliphatic rings. The molecular formula is C19H26N5O5S2+. The van der Waals surface area contributed by atoms with E-state index in [1.807, 2.05) is 6.07 Å². The lowest BCUT2D eigenvalue weighted by atomic mass is 10.1. The summed E-state index contributed by atoms with van der Waals surface area (Å²) in [6.07, 6.45) is 1.70. The van der Waals surface area contributed by atoms with Crippen molar-refractivity contribution in [1.82, 2.24) is 4.31 Å². The van der Waals surface area contributed by atoms with Crippen molar-refractivity contribution < 1.29 is 27.5 Å². The molecule has 0 spiro atoms. The number of phenols is 1. The number of anilines is 1. The molecule has 1 aromatic heterocycles. The van der Waals surface area contributed by atoms with Crippen LogP contribution in [0.2, 0.25) is 0 Å². The molecule has 0 aliphatic carbocycles. The van der Waals surface area contributed by atoms with Crippen LogP contribution in [0.1, 0.15) is 36.7 Å². The summed E-state index contributed by atoms with van der Waals surface area (Å²) in [5.41, 5.74) is 1.59. The quantitative estimate of drug-likeness (QED) is 0.545. The van der Waals surface area contributed by atoms with Crippen LogP contribution >= 0.6 is 0 Å². The van der Waals surface area contributed by atoms with Gasteiger partial charge in [-0.15, -0.1) is 8.80 Å². The first-order valence-corrected chi connectivity index (χ1v) is 12.0.